The summed E-state index contributed by atoms with van der Waals surface area (Å²) in [6.45, 7) is 3.85. The number of fused-ring (bicyclic) bond motifs is 1. The summed E-state index contributed by atoms with van der Waals surface area (Å²) in [5.74, 6) is 0.153. The van der Waals surface area contributed by atoms with Gasteiger partial charge in [0.1, 0.15) is 0 Å². The van der Waals surface area contributed by atoms with Gasteiger partial charge >= 0.3 is 0 Å². The normalized spacial score (nSPS) is 10.9. The number of thiazole rings is 1. The quantitative estimate of drug-likeness (QED) is 0.587. The molecule has 140 valence electrons. The van der Waals surface area contributed by atoms with Gasteiger partial charge in [0.2, 0.25) is 11.8 Å². The highest BCUT2D eigenvalue weighted by atomic mass is 32.2. The van der Waals surface area contributed by atoms with Crippen LogP contribution < -0.4 is 10.6 Å². The maximum Gasteiger partial charge on any atom is 0.234 e. The third-order valence-corrected chi connectivity index (χ3v) is 5.78. The van der Waals surface area contributed by atoms with Crippen molar-refractivity contribution in [3.8, 4) is 0 Å². The first-order valence-corrected chi connectivity index (χ1v) is 10.5. The van der Waals surface area contributed by atoms with E-state index >= 15 is 0 Å². The molecule has 0 saturated heterocycles. The number of hydrogen-bond acceptors (Lipinski definition) is 5. The number of aromatic nitrogens is 1. The van der Waals surface area contributed by atoms with E-state index in [0.29, 0.717) is 0 Å². The minimum atomic E-state index is -0.0781. The van der Waals surface area contributed by atoms with Crippen molar-refractivity contribution in [3.05, 3.63) is 53.5 Å². The van der Waals surface area contributed by atoms with Crippen molar-refractivity contribution < 1.29 is 9.59 Å². The highest BCUT2D eigenvalue weighted by molar-refractivity contribution is 8.01. The van der Waals surface area contributed by atoms with Crippen molar-refractivity contribution >= 4 is 51.4 Å². The Kier molecular flexibility index (Phi) is 6.47. The number of amides is 2. The van der Waals surface area contributed by atoms with Crippen LogP contribution in [0.1, 0.15) is 19.5 Å². The zero-order valence-electron chi connectivity index (χ0n) is 15.2. The molecule has 0 aliphatic rings. The van der Waals surface area contributed by atoms with E-state index in [-0.39, 0.29) is 30.0 Å². The topological polar surface area (TPSA) is 71.1 Å². The molecule has 1 aromatic heterocycles. The Morgan fingerprint density at radius 3 is 2.70 bits per heavy atom. The predicted molar refractivity (Wildman–Crippen MR) is 112 cm³/mol. The molecule has 0 atom stereocenters. The smallest absolute Gasteiger partial charge is 0.234 e. The molecule has 0 spiro atoms. The Labute approximate surface area is 166 Å². The van der Waals surface area contributed by atoms with Gasteiger partial charge in [0, 0.05) is 22.5 Å². The maximum atomic E-state index is 12.3. The van der Waals surface area contributed by atoms with Gasteiger partial charge in [0.25, 0.3) is 0 Å². The summed E-state index contributed by atoms with van der Waals surface area (Å²) in [5, 5.41) is 9.79. The predicted octanol–water partition coefficient (Wildman–Crippen LogP) is 4.09. The molecule has 0 aliphatic heterocycles. The first-order valence-electron chi connectivity index (χ1n) is 8.65. The lowest BCUT2D eigenvalue weighted by atomic mass is 10.1. The second kappa shape index (κ2) is 9.01. The number of rotatable bonds is 7. The van der Waals surface area contributed by atoms with Crippen molar-refractivity contribution in [2.75, 3.05) is 11.1 Å². The van der Waals surface area contributed by atoms with Crippen molar-refractivity contribution in [2.24, 2.45) is 0 Å². The molecule has 0 bridgehead atoms. The monoisotopic (exact) mass is 399 g/mol. The molecule has 5 nitrogen and oxygen atoms in total. The number of nitrogens with one attached hydrogen (secondary N) is 2. The zero-order valence-corrected chi connectivity index (χ0v) is 16.8. The second-order valence-corrected chi connectivity index (χ2v) is 8.45. The van der Waals surface area contributed by atoms with Crippen molar-refractivity contribution in [1.29, 1.82) is 0 Å². The Bertz CT molecular complexity index is 948. The van der Waals surface area contributed by atoms with Gasteiger partial charge in [-0.25, -0.2) is 4.98 Å². The van der Waals surface area contributed by atoms with Gasteiger partial charge in [-0.2, -0.15) is 0 Å². The number of carbonyl (C=O) groups excluding carboxylic acids is 2. The lowest BCUT2D eigenvalue weighted by Gasteiger charge is -2.08. The highest BCUT2D eigenvalue weighted by Gasteiger charge is 2.11. The average molecular weight is 400 g/mol. The summed E-state index contributed by atoms with van der Waals surface area (Å²) in [7, 11) is 0. The maximum absolute atomic E-state index is 12.3. The fourth-order valence-electron chi connectivity index (χ4n) is 2.62. The molecular formula is C20H21N3O2S2. The number of nitrogens with zero attached hydrogens (tertiary/aromatic N) is 1. The van der Waals surface area contributed by atoms with Gasteiger partial charge in [-0.3, -0.25) is 9.59 Å². The van der Waals surface area contributed by atoms with E-state index in [1.54, 1.807) is 0 Å². The largest absolute Gasteiger partial charge is 0.354 e. The summed E-state index contributed by atoms with van der Waals surface area (Å²) in [4.78, 5) is 28.5. The molecule has 3 aromatic rings. The molecule has 2 N–H and O–H groups in total. The molecule has 0 fully saturated rings. The van der Waals surface area contributed by atoms with Crippen LogP contribution in [0.3, 0.4) is 0 Å². The van der Waals surface area contributed by atoms with Crippen LogP contribution in [0.5, 0.6) is 0 Å². The van der Waals surface area contributed by atoms with Crippen LogP contribution in [0, 0.1) is 0 Å². The Morgan fingerprint density at radius 2 is 1.89 bits per heavy atom. The van der Waals surface area contributed by atoms with Gasteiger partial charge in [0.05, 0.1) is 17.9 Å². The van der Waals surface area contributed by atoms with Crippen LogP contribution in [-0.4, -0.2) is 28.6 Å². The fourth-order valence-corrected chi connectivity index (χ4v) is 4.27. The SMILES string of the molecule is CC(C)NC(=O)Cc1csc(SCC(=O)Nc2cccc3ccccc23)n1. The van der Waals surface area contributed by atoms with E-state index < -0.39 is 0 Å². The van der Waals surface area contributed by atoms with E-state index in [2.05, 4.69) is 15.6 Å². The number of anilines is 1. The van der Waals surface area contributed by atoms with E-state index in [0.717, 1.165) is 26.5 Å². The van der Waals surface area contributed by atoms with Gasteiger partial charge in [-0.15, -0.1) is 11.3 Å². The third-order valence-electron chi connectivity index (χ3n) is 3.71. The molecule has 2 amide bonds. The Morgan fingerprint density at radius 1 is 1.11 bits per heavy atom. The minimum Gasteiger partial charge on any atom is -0.354 e. The first kappa shape index (κ1) is 19.4. The van der Waals surface area contributed by atoms with Crippen LogP contribution in [0.4, 0.5) is 5.69 Å². The lowest BCUT2D eigenvalue weighted by Crippen LogP contribution is -2.31. The molecular weight excluding hydrogens is 378 g/mol. The first-order chi connectivity index (χ1) is 13.0. The van der Waals surface area contributed by atoms with Crippen molar-refractivity contribution in [1.82, 2.24) is 10.3 Å². The van der Waals surface area contributed by atoms with E-state index in [9.17, 15) is 9.59 Å². The van der Waals surface area contributed by atoms with Gasteiger partial charge in [-0.05, 0) is 25.3 Å². The highest BCUT2D eigenvalue weighted by Crippen LogP contribution is 2.25. The van der Waals surface area contributed by atoms with Gasteiger partial charge in [-0.1, -0.05) is 48.2 Å². The average Bonchev–Trinajstić information content (AvgIpc) is 3.07. The van der Waals surface area contributed by atoms with Crippen LogP contribution in [0.15, 0.2) is 52.2 Å². The van der Waals surface area contributed by atoms with E-state index in [1.807, 2.05) is 61.7 Å². The van der Waals surface area contributed by atoms with E-state index in [4.69, 9.17) is 0 Å². The van der Waals surface area contributed by atoms with Crippen LogP contribution in [0.25, 0.3) is 10.8 Å². The summed E-state index contributed by atoms with van der Waals surface area (Å²) >= 11 is 2.83. The molecule has 2 aromatic carbocycles. The summed E-state index contributed by atoms with van der Waals surface area (Å²) < 4.78 is 0.787. The Balaban J connectivity index is 1.54. The number of hydrogen-bond donors (Lipinski definition) is 2. The van der Waals surface area contributed by atoms with Crippen LogP contribution in [0.2, 0.25) is 0 Å². The molecule has 0 radical (unpaired) electrons. The molecule has 27 heavy (non-hydrogen) atoms. The molecule has 1 heterocycles. The number of carbonyl (C=O) groups is 2. The molecule has 7 heteroatoms. The molecule has 0 unspecified atom stereocenters. The Hall–Kier alpha value is -2.38. The van der Waals surface area contributed by atoms with Gasteiger partial charge < -0.3 is 10.6 Å². The van der Waals surface area contributed by atoms with Crippen LogP contribution in [-0.2, 0) is 16.0 Å². The summed E-state index contributed by atoms with van der Waals surface area (Å²) in [6, 6.07) is 13.9. The molecule has 3 rings (SSSR count). The molecule has 0 saturated carbocycles. The second-order valence-electron chi connectivity index (χ2n) is 6.37. The van der Waals surface area contributed by atoms with Crippen molar-refractivity contribution in [2.45, 2.75) is 30.6 Å². The number of thioether (sulfide) groups is 1. The molecule has 0 aliphatic carbocycles. The standard InChI is InChI=1S/C20H21N3O2S2/c1-13(2)21-18(24)10-15-11-26-20(22-15)27-12-19(25)23-17-9-5-7-14-6-3-4-8-16(14)17/h3-9,11,13H,10,12H2,1-2H3,(H,21,24)(H,23,25). The zero-order chi connectivity index (χ0) is 19.2. The fraction of sp³-hybridized carbons (Fsp3) is 0.250. The number of benzene rings is 2. The summed E-state index contributed by atoms with van der Waals surface area (Å²) in [5.41, 5.74) is 1.54. The minimum absolute atomic E-state index is 0.0412. The summed E-state index contributed by atoms with van der Waals surface area (Å²) in [6.07, 6.45) is 0.261. The lowest BCUT2D eigenvalue weighted by molar-refractivity contribution is -0.121. The van der Waals surface area contributed by atoms with Crippen molar-refractivity contribution in [3.63, 3.8) is 0 Å². The van der Waals surface area contributed by atoms with E-state index in [1.165, 1.54) is 23.1 Å². The van der Waals surface area contributed by atoms with Crippen LogP contribution >= 0.6 is 23.1 Å². The van der Waals surface area contributed by atoms with Gasteiger partial charge in [0.15, 0.2) is 4.34 Å². The third kappa shape index (κ3) is 5.55.